The average molecular weight is 242 g/mol. The van der Waals surface area contributed by atoms with Crippen LogP contribution in [0.2, 0.25) is 0 Å². The molecule has 5 nitrogen and oxygen atoms in total. The van der Waals surface area contributed by atoms with E-state index < -0.39 is 6.09 Å². The second kappa shape index (κ2) is 6.47. The lowest BCUT2D eigenvalue weighted by molar-refractivity contribution is -0.121. The first-order chi connectivity index (χ1) is 8.04. The van der Waals surface area contributed by atoms with E-state index in [1.165, 1.54) is 13.5 Å². The molecule has 0 aromatic heterocycles. The Hall–Kier alpha value is -1.26. The number of nitrogens with one attached hydrogen (secondary N) is 2. The van der Waals surface area contributed by atoms with Gasteiger partial charge < -0.3 is 15.4 Å². The molecule has 5 heteroatoms. The molecule has 2 amide bonds. The van der Waals surface area contributed by atoms with Gasteiger partial charge in [0.1, 0.15) is 6.54 Å². The minimum absolute atomic E-state index is 0.0235. The fraction of sp³-hybridized carbons (Fsp3) is 0.833. The number of hydrogen-bond donors (Lipinski definition) is 2. The van der Waals surface area contributed by atoms with Crippen LogP contribution in [0.1, 0.15) is 33.1 Å². The summed E-state index contributed by atoms with van der Waals surface area (Å²) in [7, 11) is 1.28. The van der Waals surface area contributed by atoms with Gasteiger partial charge in [-0.05, 0) is 18.3 Å². The summed E-state index contributed by atoms with van der Waals surface area (Å²) in [6, 6.07) is 0.227. The van der Waals surface area contributed by atoms with Crippen LogP contribution >= 0.6 is 0 Å². The third-order valence-corrected chi connectivity index (χ3v) is 3.63. The zero-order chi connectivity index (χ0) is 12.8. The van der Waals surface area contributed by atoms with Crippen LogP contribution in [-0.4, -0.2) is 31.7 Å². The van der Waals surface area contributed by atoms with Gasteiger partial charge in [-0.3, -0.25) is 4.79 Å². The topological polar surface area (TPSA) is 67.4 Å². The lowest BCUT2D eigenvalue weighted by atomic mass is 9.78. The first kappa shape index (κ1) is 13.8. The van der Waals surface area contributed by atoms with E-state index >= 15 is 0 Å². The summed E-state index contributed by atoms with van der Waals surface area (Å²) in [6.45, 7) is 4.36. The molecule has 1 saturated carbocycles. The van der Waals surface area contributed by atoms with Gasteiger partial charge in [-0.25, -0.2) is 4.79 Å². The van der Waals surface area contributed by atoms with Gasteiger partial charge in [-0.1, -0.05) is 26.7 Å². The Bertz CT molecular complexity index is 281. The second-order valence-corrected chi connectivity index (χ2v) is 4.79. The fourth-order valence-electron chi connectivity index (χ4n) is 2.27. The monoisotopic (exact) mass is 242 g/mol. The number of rotatable bonds is 3. The summed E-state index contributed by atoms with van der Waals surface area (Å²) < 4.78 is 4.40. The molecule has 1 aliphatic rings. The van der Waals surface area contributed by atoms with E-state index in [9.17, 15) is 9.59 Å². The summed E-state index contributed by atoms with van der Waals surface area (Å²) in [6.07, 6.45) is 2.83. The maximum Gasteiger partial charge on any atom is 0.407 e. The Kier molecular flexibility index (Phi) is 5.25. The van der Waals surface area contributed by atoms with Gasteiger partial charge in [0, 0.05) is 6.04 Å². The van der Waals surface area contributed by atoms with E-state index in [0.717, 1.165) is 12.8 Å². The number of alkyl carbamates (subject to hydrolysis) is 1. The molecular weight excluding hydrogens is 220 g/mol. The van der Waals surface area contributed by atoms with Crippen molar-refractivity contribution in [1.29, 1.82) is 0 Å². The van der Waals surface area contributed by atoms with Crippen molar-refractivity contribution in [3.63, 3.8) is 0 Å². The Labute approximate surface area is 102 Å². The van der Waals surface area contributed by atoms with Crippen molar-refractivity contribution in [2.24, 2.45) is 11.8 Å². The van der Waals surface area contributed by atoms with E-state index in [2.05, 4.69) is 29.2 Å². The van der Waals surface area contributed by atoms with E-state index in [0.29, 0.717) is 11.8 Å². The Morgan fingerprint density at radius 1 is 1.29 bits per heavy atom. The SMILES string of the molecule is COC(=O)NCC(=O)N[C@@H]1CCC[C@@H](C)[C@H]1C. The highest BCUT2D eigenvalue weighted by atomic mass is 16.5. The van der Waals surface area contributed by atoms with Crippen molar-refractivity contribution < 1.29 is 14.3 Å². The highest BCUT2D eigenvalue weighted by molar-refractivity contribution is 5.82. The zero-order valence-electron chi connectivity index (χ0n) is 10.8. The molecule has 1 aliphatic carbocycles. The molecule has 98 valence electrons. The maximum atomic E-state index is 11.6. The van der Waals surface area contributed by atoms with Crippen LogP contribution in [0.4, 0.5) is 4.79 Å². The fourth-order valence-corrected chi connectivity index (χ4v) is 2.27. The van der Waals surface area contributed by atoms with Gasteiger partial charge in [0.15, 0.2) is 0 Å². The number of methoxy groups -OCH3 is 1. The van der Waals surface area contributed by atoms with E-state index in [4.69, 9.17) is 0 Å². The van der Waals surface area contributed by atoms with Crippen LogP contribution < -0.4 is 10.6 Å². The summed E-state index contributed by atoms with van der Waals surface area (Å²) >= 11 is 0. The number of carbonyl (C=O) groups is 2. The molecule has 0 saturated heterocycles. The molecule has 2 N–H and O–H groups in total. The van der Waals surface area contributed by atoms with Gasteiger partial charge in [0.25, 0.3) is 0 Å². The number of carbonyl (C=O) groups excluding carboxylic acids is 2. The quantitative estimate of drug-likeness (QED) is 0.783. The molecule has 0 unspecified atom stereocenters. The van der Waals surface area contributed by atoms with Crippen molar-refractivity contribution in [3.8, 4) is 0 Å². The van der Waals surface area contributed by atoms with Crippen molar-refractivity contribution in [2.45, 2.75) is 39.2 Å². The third kappa shape index (κ3) is 4.24. The Morgan fingerprint density at radius 3 is 2.65 bits per heavy atom. The van der Waals surface area contributed by atoms with Crippen LogP contribution in [0.3, 0.4) is 0 Å². The molecule has 1 rings (SSSR count). The molecule has 0 bridgehead atoms. The number of ether oxygens (including phenoxy) is 1. The van der Waals surface area contributed by atoms with Gasteiger partial charge in [0.2, 0.25) is 5.91 Å². The lowest BCUT2D eigenvalue weighted by Crippen LogP contribution is -2.47. The predicted octanol–water partition coefficient (Wildman–Crippen LogP) is 1.28. The molecule has 3 atom stereocenters. The molecule has 17 heavy (non-hydrogen) atoms. The van der Waals surface area contributed by atoms with Crippen molar-refractivity contribution in [1.82, 2.24) is 10.6 Å². The summed E-state index contributed by atoms with van der Waals surface area (Å²) in [5.41, 5.74) is 0. The molecule has 0 aromatic carbocycles. The molecule has 0 aliphatic heterocycles. The van der Waals surface area contributed by atoms with Gasteiger partial charge >= 0.3 is 6.09 Å². The molecule has 1 fully saturated rings. The number of hydrogen-bond acceptors (Lipinski definition) is 3. The predicted molar refractivity (Wildman–Crippen MR) is 64.5 cm³/mol. The van der Waals surface area contributed by atoms with Crippen LogP contribution in [-0.2, 0) is 9.53 Å². The highest BCUT2D eigenvalue weighted by Gasteiger charge is 2.27. The third-order valence-electron chi connectivity index (χ3n) is 3.63. The number of amides is 2. The standard InChI is InChI=1S/C12H22N2O3/c1-8-5-4-6-10(9(8)2)14-11(15)7-13-12(16)17-3/h8-10H,4-7H2,1-3H3,(H,13,16)(H,14,15)/t8-,9-,10-/m1/s1. The Morgan fingerprint density at radius 2 is 2.00 bits per heavy atom. The van der Waals surface area contributed by atoms with Gasteiger partial charge in [-0.15, -0.1) is 0 Å². The first-order valence-corrected chi connectivity index (χ1v) is 6.15. The molecule has 0 heterocycles. The van der Waals surface area contributed by atoms with Crippen LogP contribution in [0, 0.1) is 11.8 Å². The van der Waals surface area contributed by atoms with E-state index in [-0.39, 0.29) is 18.5 Å². The largest absolute Gasteiger partial charge is 0.453 e. The maximum absolute atomic E-state index is 11.6. The van der Waals surface area contributed by atoms with Crippen LogP contribution in [0.5, 0.6) is 0 Å². The highest BCUT2D eigenvalue weighted by Crippen LogP contribution is 2.29. The smallest absolute Gasteiger partial charge is 0.407 e. The minimum Gasteiger partial charge on any atom is -0.453 e. The van der Waals surface area contributed by atoms with Crippen molar-refractivity contribution in [3.05, 3.63) is 0 Å². The summed E-state index contributed by atoms with van der Waals surface area (Å²) in [4.78, 5) is 22.4. The second-order valence-electron chi connectivity index (χ2n) is 4.79. The van der Waals surface area contributed by atoms with E-state index in [1.807, 2.05) is 0 Å². The van der Waals surface area contributed by atoms with Crippen molar-refractivity contribution in [2.75, 3.05) is 13.7 Å². The molecule has 0 radical (unpaired) electrons. The van der Waals surface area contributed by atoms with Gasteiger partial charge in [-0.2, -0.15) is 0 Å². The molecule has 0 spiro atoms. The Balaban J connectivity index is 2.32. The lowest BCUT2D eigenvalue weighted by Gasteiger charge is -2.34. The summed E-state index contributed by atoms with van der Waals surface area (Å²) in [5.74, 6) is 0.981. The van der Waals surface area contributed by atoms with Crippen LogP contribution in [0.15, 0.2) is 0 Å². The molecule has 0 aromatic rings. The normalized spacial score (nSPS) is 28.3. The first-order valence-electron chi connectivity index (χ1n) is 6.15. The van der Waals surface area contributed by atoms with E-state index in [1.54, 1.807) is 0 Å². The van der Waals surface area contributed by atoms with Crippen LogP contribution in [0.25, 0.3) is 0 Å². The minimum atomic E-state index is -0.579. The zero-order valence-corrected chi connectivity index (χ0v) is 10.8. The average Bonchev–Trinajstić information content (AvgIpc) is 2.32. The van der Waals surface area contributed by atoms with Gasteiger partial charge in [0.05, 0.1) is 7.11 Å². The summed E-state index contributed by atoms with van der Waals surface area (Å²) in [5, 5.41) is 5.34. The van der Waals surface area contributed by atoms with Crippen molar-refractivity contribution >= 4 is 12.0 Å². The molecular formula is C12H22N2O3.